The molecule has 0 aliphatic carbocycles. The van der Waals surface area contributed by atoms with E-state index in [1.165, 1.54) is 0 Å². The molecule has 0 saturated carbocycles. The molecule has 0 fully saturated rings. The van der Waals surface area contributed by atoms with Crippen LogP contribution in [0, 0.1) is 17.8 Å². The second kappa shape index (κ2) is 21.7. The number of nitrogens with one attached hydrogen (secondary N) is 4. The van der Waals surface area contributed by atoms with Crippen LogP contribution in [0.25, 0.3) is 0 Å². The van der Waals surface area contributed by atoms with Gasteiger partial charge in [-0.3, -0.25) is 19.2 Å². The van der Waals surface area contributed by atoms with E-state index in [0.717, 1.165) is 5.56 Å². The van der Waals surface area contributed by atoms with Crippen molar-refractivity contribution in [3.05, 3.63) is 65.7 Å². The topological polar surface area (TPSA) is 209 Å². The fourth-order valence-electron chi connectivity index (χ4n) is 5.48. The summed E-state index contributed by atoms with van der Waals surface area (Å²) < 4.78 is 5.56. The van der Waals surface area contributed by atoms with E-state index in [1.807, 2.05) is 51.1 Å². The summed E-state index contributed by atoms with van der Waals surface area (Å²) in [6.45, 7) is 11.4. The molecule has 282 valence electrons. The van der Waals surface area contributed by atoms with E-state index in [-0.39, 0.29) is 36.5 Å². The number of aliphatic carboxylic acids is 1. The number of carbonyl (C=O) groups is 5. The van der Waals surface area contributed by atoms with E-state index in [9.17, 15) is 34.2 Å². The van der Waals surface area contributed by atoms with Gasteiger partial charge in [0.2, 0.25) is 23.6 Å². The summed E-state index contributed by atoms with van der Waals surface area (Å²) in [7, 11) is 0. The van der Waals surface area contributed by atoms with Crippen molar-refractivity contribution >= 4 is 29.6 Å². The standard InChI is InChI=1S/C38H57N5O8/c1-7-24(5)34(41-31(45)21-27-15-12-16-28(19-27)51-18-17-39)36(47)40-29(20-26-13-10-9-11-14-26)30(44)22-32(46)42-35(25(6)8-2)37(48)43-33(23(3)4)38(49)50/h9-16,19,23-25,29-30,33-35,44H,7-8,17-18,20-22,39H2,1-6H3,(H,40,47)(H,41,45)(H,42,46)(H,43,48)(H,49,50)/t24?,25-,29?,30?,33-,34?,35-/m0/s1. The van der Waals surface area contributed by atoms with Gasteiger partial charge in [0.1, 0.15) is 30.5 Å². The molecule has 0 aliphatic rings. The first-order valence-corrected chi connectivity index (χ1v) is 17.8. The lowest BCUT2D eigenvalue weighted by Gasteiger charge is -2.30. The number of hydrogen-bond acceptors (Lipinski definition) is 8. The SMILES string of the molecule is CCC(C)C(NC(=O)Cc1cccc(OCCN)c1)C(=O)NC(Cc1ccccc1)C(O)CC(=O)N[C@H](C(=O)N[C@H](C(=O)O)C(C)C)[C@@H](C)CC. The molecule has 0 radical (unpaired) electrons. The highest BCUT2D eigenvalue weighted by molar-refractivity contribution is 5.91. The Labute approximate surface area is 301 Å². The molecule has 0 aromatic heterocycles. The lowest BCUT2D eigenvalue weighted by molar-refractivity contribution is -0.143. The van der Waals surface area contributed by atoms with E-state index in [4.69, 9.17) is 10.5 Å². The molecule has 13 heteroatoms. The van der Waals surface area contributed by atoms with Gasteiger partial charge in [-0.05, 0) is 47.4 Å². The van der Waals surface area contributed by atoms with Crippen molar-refractivity contribution in [2.45, 2.75) is 104 Å². The Balaban J connectivity index is 2.24. The summed E-state index contributed by atoms with van der Waals surface area (Å²) in [5.74, 6) is -3.75. The number of amides is 4. The smallest absolute Gasteiger partial charge is 0.326 e. The summed E-state index contributed by atoms with van der Waals surface area (Å²) >= 11 is 0. The molecule has 2 rings (SSSR count). The van der Waals surface area contributed by atoms with E-state index in [0.29, 0.717) is 37.3 Å². The van der Waals surface area contributed by atoms with Gasteiger partial charge in [-0.1, -0.05) is 96.8 Å². The Morgan fingerprint density at radius 3 is 1.86 bits per heavy atom. The zero-order valence-electron chi connectivity index (χ0n) is 30.7. The minimum absolute atomic E-state index is 0.00554. The van der Waals surface area contributed by atoms with Crippen LogP contribution >= 0.6 is 0 Å². The molecule has 8 N–H and O–H groups in total. The Morgan fingerprint density at radius 1 is 0.745 bits per heavy atom. The van der Waals surface area contributed by atoms with Gasteiger partial charge >= 0.3 is 5.97 Å². The molecule has 0 bridgehead atoms. The van der Waals surface area contributed by atoms with Crippen molar-refractivity contribution in [2.24, 2.45) is 23.5 Å². The summed E-state index contributed by atoms with van der Waals surface area (Å²) in [6.07, 6.45) is -0.542. The van der Waals surface area contributed by atoms with E-state index >= 15 is 0 Å². The van der Waals surface area contributed by atoms with E-state index in [2.05, 4.69) is 21.3 Å². The molecule has 4 unspecified atom stereocenters. The molecular weight excluding hydrogens is 654 g/mol. The van der Waals surface area contributed by atoms with E-state index < -0.39 is 60.4 Å². The number of aliphatic hydroxyl groups excluding tert-OH is 1. The molecule has 0 saturated heterocycles. The number of rotatable bonds is 22. The van der Waals surface area contributed by atoms with Crippen molar-refractivity contribution in [3.8, 4) is 5.75 Å². The minimum Gasteiger partial charge on any atom is -0.492 e. The van der Waals surface area contributed by atoms with Gasteiger partial charge in [0.25, 0.3) is 0 Å². The number of aliphatic hydroxyl groups is 1. The van der Waals surface area contributed by atoms with Crippen molar-refractivity contribution in [1.29, 1.82) is 0 Å². The first kappa shape index (κ1) is 42.7. The third-order valence-corrected chi connectivity index (χ3v) is 8.99. The molecule has 2 aromatic carbocycles. The average molecular weight is 712 g/mol. The van der Waals surface area contributed by atoms with Gasteiger partial charge in [-0.2, -0.15) is 0 Å². The van der Waals surface area contributed by atoms with Crippen LogP contribution in [0.1, 0.15) is 71.9 Å². The third kappa shape index (κ3) is 14.3. The maximum absolute atomic E-state index is 13.8. The van der Waals surface area contributed by atoms with Gasteiger partial charge in [-0.25, -0.2) is 4.79 Å². The number of carbonyl (C=O) groups excluding carboxylic acids is 4. The monoisotopic (exact) mass is 711 g/mol. The maximum atomic E-state index is 13.8. The van der Waals surface area contributed by atoms with Crippen LogP contribution in [-0.2, 0) is 36.8 Å². The lowest BCUT2D eigenvalue weighted by atomic mass is 9.94. The highest BCUT2D eigenvalue weighted by atomic mass is 16.5. The zero-order valence-corrected chi connectivity index (χ0v) is 30.7. The fraction of sp³-hybridized carbons (Fsp3) is 0.553. The fourth-order valence-corrected chi connectivity index (χ4v) is 5.48. The molecule has 0 heterocycles. The molecule has 2 aromatic rings. The van der Waals surface area contributed by atoms with Crippen LogP contribution in [-0.4, -0.2) is 83.2 Å². The Kier molecular flexibility index (Phi) is 18.1. The van der Waals surface area contributed by atoms with Gasteiger partial charge in [-0.15, -0.1) is 0 Å². The molecular formula is C38H57N5O8. The largest absolute Gasteiger partial charge is 0.492 e. The Hall–Kier alpha value is -4.49. The van der Waals surface area contributed by atoms with Gasteiger partial charge in [0.05, 0.1) is 25.0 Å². The van der Waals surface area contributed by atoms with Crippen molar-refractivity contribution in [3.63, 3.8) is 0 Å². The number of carboxylic acids is 1. The van der Waals surface area contributed by atoms with Gasteiger partial charge in [0, 0.05) is 6.54 Å². The van der Waals surface area contributed by atoms with Crippen molar-refractivity contribution in [2.75, 3.05) is 13.2 Å². The van der Waals surface area contributed by atoms with Gasteiger partial charge in [0.15, 0.2) is 0 Å². The van der Waals surface area contributed by atoms with Crippen LogP contribution in [0.3, 0.4) is 0 Å². The zero-order chi connectivity index (χ0) is 38.1. The van der Waals surface area contributed by atoms with Crippen molar-refractivity contribution < 1.29 is 38.9 Å². The first-order chi connectivity index (χ1) is 24.2. The van der Waals surface area contributed by atoms with Crippen LogP contribution in [0.4, 0.5) is 0 Å². The average Bonchev–Trinajstić information content (AvgIpc) is 3.10. The highest BCUT2D eigenvalue weighted by Gasteiger charge is 2.34. The third-order valence-electron chi connectivity index (χ3n) is 8.99. The number of hydrogen-bond donors (Lipinski definition) is 7. The minimum atomic E-state index is -1.37. The first-order valence-electron chi connectivity index (χ1n) is 17.8. The van der Waals surface area contributed by atoms with Crippen LogP contribution < -0.4 is 31.7 Å². The molecule has 4 amide bonds. The normalized spacial score (nSPS) is 15.3. The summed E-state index contributed by atoms with van der Waals surface area (Å²) in [5.41, 5.74) is 7.02. The van der Waals surface area contributed by atoms with Crippen LogP contribution in [0.15, 0.2) is 54.6 Å². The number of carboxylic acid groups (broad SMARTS) is 1. The summed E-state index contributed by atoms with van der Waals surface area (Å²) in [6, 6.07) is 12.2. The Morgan fingerprint density at radius 2 is 1.31 bits per heavy atom. The number of nitrogens with two attached hydrogens (primary N) is 1. The van der Waals surface area contributed by atoms with Crippen molar-refractivity contribution in [1.82, 2.24) is 21.3 Å². The molecule has 13 nitrogen and oxygen atoms in total. The summed E-state index contributed by atoms with van der Waals surface area (Å²) in [5, 5.41) is 31.9. The molecule has 51 heavy (non-hydrogen) atoms. The number of benzene rings is 2. The predicted molar refractivity (Wildman–Crippen MR) is 195 cm³/mol. The number of ether oxygens (including phenoxy) is 1. The van der Waals surface area contributed by atoms with Gasteiger partial charge < -0.3 is 42.0 Å². The second-order valence-electron chi connectivity index (χ2n) is 13.5. The van der Waals surface area contributed by atoms with Crippen LogP contribution in [0.2, 0.25) is 0 Å². The lowest BCUT2D eigenvalue weighted by Crippen LogP contribution is -2.57. The molecule has 0 spiro atoms. The molecule has 7 atom stereocenters. The maximum Gasteiger partial charge on any atom is 0.326 e. The van der Waals surface area contributed by atoms with E-state index in [1.54, 1.807) is 45.0 Å². The quantitative estimate of drug-likeness (QED) is 0.0955. The predicted octanol–water partition coefficient (Wildman–Crippen LogP) is 2.33. The highest BCUT2D eigenvalue weighted by Crippen LogP contribution is 2.17. The summed E-state index contributed by atoms with van der Waals surface area (Å²) in [4.78, 5) is 65.2. The molecule has 0 aliphatic heterocycles. The second-order valence-corrected chi connectivity index (χ2v) is 13.5. The Bertz CT molecular complexity index is 1420. The van der Waals surface area contributed by atoms with Crippen LogP contribution in [0.5, 0.6) is 5.75 Å².